The SMILES string of the molecule is COc1cc2ncc(-c3ccc(CC(C)=O)c(C)c3)nc2cc1OC.Cc1cc(C(C)(C)C)nn1-c1ccccc1. The molecule has 0 saturated carbocycles. The molecule has 5 aromatic rings. The second-order valence-electron chi connectivity index (χ2n) is 11.1. The van der Waals surface area contributed by atoms with Crippen molar-refractivity contribution in [3.05, 3.63) is 95.4 Å². The number of aryl methyl sites for hydroxylation is 2. The van der Waals surface area contributed by atoms with Crippen molar-refractivity contribution in [1.29, 1.82) is 0 Å². The summed E-state index contributed by atoms with van der Waals surface area (Å²) < 4.78 is 12.6. The summed E-state index contributed by atoms with van der Waals surface area (Å²) in [4.78, 5) is 20.5. The Bertz CT molecular complexity index is 1670. The normalized spacial score (nSPS) is 11.1. The number of nitrogens with zero attached hydrogens (tertiary/aromatic N) is 4. The lowest BCUT2D eigenvalue weighted by Crippen LogP contribution is -2.12. The highest BCUT2D eigenvalue weighted by molar-refractivity contribution is 5.82. The van der Waals surface area contributed by atoms with E-state index in [1.165, 1.54) is 5.69 Å². The lowest BCUT2D eigenvalue weighted by atomic mass is 9.92. The number of ketones is 1. The Labute approximate surface area is 242 Å². The van der Waals surface area contributed by atoms with Crippen molar-refractivity contribution in [2.45, 2.75) is 53.4 Å². The fourth-order valence-corrected chi connectivity index (χ4v) is 4.47. The largest absolute Gasteiger partial charge is 0.493 e. The fraction of sp³-hybridized carbons (Fsp3) is 0.294. The van der Waals surface area contributed by atoms with Crippen LogP contribution in [0.5, 0.6) is 11.5 Å². The molecule has 0 radical (unpaired) electrons. The van der Waals surface area contributed by atoms with Gasteiger partial charge in [0.15, 0.2) is 11.5 Å². The summed E-state index contributed by atoms with van der Waals surface area (Å²) in [5.74, 6) is 1.40. The van der Waals surface area contributed by atoms with E-state index in [4.69, 9.17) is 14.5 Å². The minimum absolute atomic E-state index is 0.102. The van der Waals surface area contributed by atoms with Crippen molar-refractivity contribution in [2.24, 2.45) is 0 Å². The van der Waals surface area contributed by atoms with Crippen molar-refractivity contribution < 1.29 is 14.3 Å². The average molecular weight is 551 g/mol. The Morgan fingerprint density at radius 3 is 2.10 bits per heavy atom. The molecule has 3 aromatic carbocycles. The van der Waals surface area contributed by atoms with Crippen LogP contribution in [0.1, 0.15) is 50.2 Å². The van der Waals surface area contributed by atoms with Gasteiger partial charge >= 0.3 is 0 Å². The Balaban J connectivity index is 0.000000208. The Morgan fingerprint density at radius 1 is 0.878 bits per heavy atom. The van der Waals surface area contributed by atoms with Crippen LogP contribution in [0, 0.1) is 13.8 Å². The number of rotatable bonds is 6. The maximum atomic E-state index is 11.3. The topological polar surface area (TPSA) is 79.1 Å². The molecule has 0 saturated heterocycles. The molecule has 41 heavy (non-hydrogen) atoms. The second kappa shape index (κ2) is 12.3. The molecule has 0 fully saturated rings. The van der Waals surface area contributed by atoms with Gasteiger partial charge in [-0.25, -0.2) is 9.67 Å². The van der Waals surface area contributed by atoms with E-state index in [9.17, 15) is 4.79 Å². The Kier molecular flexibility index (Phi) is 8.86. The number of para-hydroxylation sites is 1. The van der Waals surface area contributed by atoms with E-state index in [1.807, 2.05) is 60.1 Å². The van der Waals surface area contributed by atoms with E-state index >= 15 is 0 Å². The van der Waals surface area contributed by atoms with Gasteiger partial charge in [0.05, 0.1) is 48.5 Å². The third-order valence-corrected chi connectivity index (χ3v) is 6.78. The molecular weight excluding hydrogens is 512 g/mol. The van der Waals surface area contributed by atoms with Crippen molar-refractivity contribution in [3.8, 4) is 28.4 Å². The van der Waals surface area contributed by atoms with Crippen LogP contribution < -0.4 is 9.47 Å². The number of carbonyl (C=O) groups excluding carboxylic acids is 1. The first-order valence-corrected chi connectivity index (χ1v) is 13.6. The quantitative estimate of drug-likeness (QED) is 0.222. The van der Waals surface area contributed by atoms with Crippen molar-refractivity contribution in [2.75, 3.05) is 14.2 Å². The van der Waals surface area contributed by atoms with Crippen molar-refractivity contribution >= 4 is 16.8 Å². The molecule has 7 nitrogen and oxygen atoms in total. The molecule has 0 bridgehead atoms. The van der Waals surface area contributed by atoms with Crippen molar-refractivity contribution in [3.63, 3.8) is 0 Å². The van der Waals surface area contributed by atoms with Crippen LogP contribution in [0.2, 0.25) is 0 Å². The zero-order chi connectivity index (χ0) is 29.7. The highest BCUT2D eigenvalue weighted by Crippen LogP contribution is 2.32. The fourth-order valence-electron chi connectivity index (χ4n) is 4.47. The Hall–Kier alpha value is -4.52. The van der Waals surface area contributed by atoms with Gasteiger partial charge in [-0.05, 0) is 56.2 Å². The first-order valence-electron chi connectivity index (χ1n) is 13.6. The molecule has 0 aliphatic rings. The lowest BCUT2D eigenvalue weighted by Gasteiger charge is -2.14. The maximum absolute atomic E-state index is 11.3. The summed E-state index contributed by atoms with van der Waals surface area (Å²) in [6.45, 7) is 12.3. The number of benzene rings is 3. The van der Waals surface area contributed by atoms with Crippen LogP contribution in [0.4, 0.5) is 0 Å². The number of aromatic nitrogens is 4. The van der Waals surface area contributed by atoms with Crippen LogP contribution in [0.3, 0.4) is 0 Å². The summed E-state index contributed by atoms with van der Waals surface area (Å²) in [6, 6.07) is 22.0. The van der Waals surface area contributed by atoms with Gasteiger partial charge in [-0.2, -0.15) is 5.10 Å². The van der Waals surface area contributed by atoms with E-state index in [2.05, 4.69) is 56.0 Å². The number of ether oxygens (including phenoxy) is 2. The summed E-state index contributed by atoms with van der Waals surface area (Å²) in [6.07, 6.45) is 2.19. The van der Waals surface area contributed by atoms with Gasteiger partial charge in [-0.1, -0.05) is 51.1 Å². The molecule has 2 aromatic heterocycles. The molecule has 2 heterocycles. The third-order valence-electron chi connectivity index (χ3n) is 6.78. The molecule has 212 valence electrons. The number of fused-ring (bicyclic) bond motifs is 1. The highest BCUT2D eigenvalue weighted by atomic mass is 16.5. The van der Waals surface area contributed by atoms with Gasteiger partial charge < -0.3 is 9.47 Å². The van der Waals surface area contributed by atoms with E-state index in [-0.39, 0.29) is 11.2 Å². The zero-order valence-electron chi connectivity index (χ0n) is 25.1. The predicted octanol–water partition coefficient (Wildman–Crippen LogP) is 7.23. The third kappa shape index (κ3) is 6.98. The minimum atomic E-state index is 0.102. The standard InChI is InChI=1S/C20H20N2O3.C14H18N2/c1-12-7-15(6-5-14(12)8-13(2)23)18-11-21-16-9-19(24-3)20(25-4)10-17(16)22-18;1-11-10-13(14(2,3)4)15-16(11)12-8-6-5-7-9-12/h5-7,9-11H,8H2,1-4H3;5-10H,1-4H3. The summed E-state index contributed by atoms with van der Waals surface area (Å²) >= 11 is 0. The number of hydrogen-bond donors (Lipinski definition) is 0. The second-order valence-corrected chi connectivity index (χ2v) is 11.1. The average Bonchev–Trinajstić information content (AvgIpc) is 3.36. The molecule has 7 heteroatoms. The molecule has 0 atom stereocenters. The lowest BCUT2D eigenvalue weighted by molar-refractivity contribution is -0.116. The van der Waals surface area contributed by atoms with E-state index in [1.54, 1.807) is 27.3 Å². The molecule has 5 rings (SSSR count). The number of carbonyl (C=O) groups is 1. The number of hydrogen-bond acceptors (Lipinski definition) is 6. The van der Waals surface area contributed by atoms with Gasteiger partial charge in [-0.15, -0.1) is 0 Å². The van der Waals surface area contributed by atoms with Crippen LogP contribution >= 0.6 is 0 Å². The summed E-state index contributed by atoms with van der Waals surface area (Å²) in [7, 11) is 3.19. The van der Waals surface area contributed by atoms with E-state index in [0.29, 0.717) is 17.9 Å². The van der Waals surface area contributed by atoms with Gasteiger partial charge in [0.25, 0.3) is 0 Å². The summed E-state index contributed by atoms with van der Waals surface area (Å²) in [5, 5.41) is 4.67. The Morgan fingerprint density at radius 2 is 1.54 bits per heavy atom. The molecule has 0 N–H and O–H groups in total. The number of methoxy groups -OCH3 is 2. The first kappa shape index (κ1) is 29.5. The molecule has 0 spiro atoms. The van der Waals surface area contributed by atoms with Crippen molar-refractivity contribution in [1.82, 2.24) is 19.7 Å². The first-order chi connectivity index (χ1) is 19.5. The molecule has 0 aliphatic heterocycles. The monoisotopic (exact) mass is 550 g/mol. The zero-order valence-corrected chi connectivity index (χ0v) is 25.1. The molecule has 0 amide bonds. The molecule has 0 unspecified atom stereocenters. The smallest absolute Gasteiger partial charge is 0.163 e. The van der Waals surface area contributed by atoms with Crippen LogP contribution in [-0.2, 0) is 16.6 Å². The molecular formula is C34H38N4O3. The van der Waals surface area contributed by atoms with E-state index in [0.717, 1.165) is 44.8 Å². The van der Waals surface area contributed by atoms with Gasteiger partial charge in [0, 0.05) is 35.2 Å². The van der Waals surface area contributed by atoms with Gasteiger partial charge in [0.2, 0.25) is 0 Å². The van der Waals surface area contributed by atoms with E-state index < -0.39 is 0 Å². The highest BCUT2D eigenvalue weighted by Gasteiger charge is 2.19. The maximum Gasteiger partial charge on any atom is 0.163 e. The predicted molar refractivity (Wildman–Crippen MR) is 164 cm³/mol. The van der Waals surface area contributed by atoms with Crippen LogP contribution in [0.15, 0.2) is 72.9 Å². The molecule has 0 aliphatic carbocycles. The minimum Gasteiger partial charge on any atom is -0.493 e. The summed E-state index contributed by atoms with van der Waals surface area (Å²) in [5.41, 5.74) is 8.86. The van der Waals surface area contributed by atoms with Gasteiger partial charge in [-0.3, -0.25) is 9.78 Å². The van der Waals surface area contributed by atoms with Crippen LogP contribution in [-0.4, -0.2) is 39.8 Å². The number of Topliss-reactive ketones (excluding diaryl/α,β-unsaturated/α-hetero) is 1. The van der Waals surface area contributed by atoms with Crippen LogP contribution in [0.25, 0.3) is 28.0 Å². The van der Waals surface area contributed by atoms with Gasteiger partial charge in [0.1, 0.15) is 5.78 Å².